The van der Waals surface area contributed by atoms with Gasteiger partial charge in [-0.15, -0.1) is 0 Å². The number of rotatable bonds is 2. The number of benzene rings is 1. The molecule has 16 heavy (non-hydrogen) atoms. The Morgan fingerprint density at radius 1 is 1.44 bits per heavy atom. The maximum Gasteiger partial charge on any atom is 0.387 e. The summed E-state index contributed by atoms with van der Waals surface area (Å²) in [5.74, 6) is 2.02. The minimum atomic E-state index is -3.10. The van der Waals surface area contributed by atoms with Gasteiger partial charge in [0, 0.05) is 12.0 Å². The molecule has 2 N–H and O–H groups in total. The van der Waals surface area contributed by atoms with Gasteiger partial charge in [0.05, 0.1) is 5.56 Å². The topological polar surface area (TPSA) is 52.3 Å². The molecule has 0 spiro atoms. The van der Waals surface area contributed by atoms with Crippen LogP contribution in [0.5, 0.6) is 5.75 Å². The molecule has 0 aromatic heterocycles. The molecule has 1 rings (SSSR count). The van der Waals surface area contributed by atoms with Crippen LogP contribution in [0.15, 0.2) is 18.2 Å². The quantitative estimate of drug-likeness (QED) is 0.776. The van der Waals surface area contributed by atoms with Gasteiger partial charge >= 0.3 is 6.61 Å². The predicted molar refractivity (Wildman–Crippen MR) is 49.1 cm³/mol. The van der Waals surface area contributed by atoms with E-state index in [1.165, 1.54) is 0 Å². The summed E-state index contributed by atoms with van der Waals surface area (Å²) in [5.41, 5.74) is 4.70. The number of nitrogens with two attached hydrogens (primary N) is 1. The maximum atomic E-state index is 12.7. The first-order chi connectivity index (χ1) is 7.49. The Labute approximate surface area is 89.0 Å². The molecule has 0 radical (unpaired) electrons. The molecule has 1 amide bonds. The van der Waals surface area contributed by atoms with Gasteiger partial charge in [-0.25, -0.2) is 4.39 Å². The van der Waals surface area contributed by atoms with Gasteiger partial charge in [0.2, 0.25) is 0 Å². The van der Waals surface area contributed by atoms with Crippen LogP contribution in [0.2, 0.25) is 0 Å². The van der Waals surface area contributed by atoms with E-state index >= 15 is 0 Å². The van der Waals surface area contributed by atoms with Gasteiger partial charge in [-0.3, -0.25) is 4.79 Å². The number of alkyl halides is 2. The van der Waals surface area contributed by atoms with Crippen molar-refractivity contribution < 1.29 is 22.7 Å². The van der Waals surface area contributed by atoms with Crippen molar-refractivity contribution >= 4 is 5.91 Å². The van der Waals surface area contributed by atoms with Crippen molar-refractivity contribution in [2.75, 3.05) is 0 Å². The predicted octanol–water partition coefficient (Wildman–Crippen LogP) is 1.26. The molecule has 0 aliphatic rings. The zero-order valence-corrected chi connectivity index (χ0v) is 7.84. The van der Waals surface area contributed by atoms with Crippen LogP contribution in [0.25, 0.3) is 0 Å². The minimum Gasteiger partial charge on any atom is -0.433 e. The summed E-state index contributed by atoms with van der Waals surface area (Å²) < 4.78 is 40.7. The number of hydrogen-bond donors (Lipinski definition) is 1. The van der Waals surface area contributed by atoms with Crippen molar-refractivity contribution in [2.45, 2.75) is 6.61 Å². The summed E-state index contributed by atoms with van der Waals surface area (Å²) in [6, 6.07) is 2.86. The Bertz CT molecular complexity index is 463. The zero-order valence-electron chi connectivity index (χ0n) is 7.84. The Balaban J connectivity index is 3.08. The van der Waals surface area contributed by atoms with Crippen LogP contribution in [0.1, 0.15) is 5.56 Å². The van der Waals surface area contributed by atoms with Crippen molar-refractivity contribution in [2.24, 2.45) is 5.73 Å². The lowest BCUT2D eigenvalue weighted by molar-refractivity contribution is -0.112. The first kappa shape index (κ1) is 11.9. The molecule has 0 aliphatic carbocycles. The molecule has 1 aromatic carbocycles. The Kier molecular flexibility index (Phi) is 3.78. The molecule has 3 nitrogen and oxygen atoms in total. The van der Waals surface area contributed by atoms with Crippen LogP contribution in [-0.2, 0) is 4.79 Å². The largest absolute Gasteiger partial charge is 0.433 e. The zero-order chi connectivity index (χ0) is 12.1. The maximum absolute atomic E-state index is 12.7. The summed E-state index contributed by atoms with van der Waals surface area (Å²) in [4.78, 5) is 10.4. The molecule has 0 saturated carbocycles. The first-order valence-electron chi connectivity index (χ1n) is 4.05. The Hall–Kier alpha value is -2.16. The minimum absolute atomic E-state index is 0.0412. The Morgan fingerprint density at radius 3 is 2.69 bits per heavy atom. The molecular weight excluding hydrogens is 223 g/mol. The molecule has 0 fully saturated rings. The van der Waals surface area contributed by atoms with Crippen LogP contribution in [0, 0.1) is 17.7 Å². The molecule has 1 aromatic rings. The molecule has 0 saturated heterocycles. The summed E-state index contributed by atoms with van der Waals surface area (Å²) in [6.45, 7) is -3.10. The van der Waals surface area contributed by atoms with E-state index in [1.54, 1.807) is 0 Å². The molecule has 84 valence electrons. The first-order valence-corrected chi connectivity index (χ1v) is 4.05. The fraction of sp³-hybridized carbons (Fsp3) is 0.100. The molecule has 0 unspecified atom stereocenters. The third-order valence-electron chi connectivity index (χ3n) is 1.48. The molecule has 0 bridgehead atoms. The number of carbonyl (C=O) groups is 1. The van der Waals surface area contributed by atoms with Crippen molar-refractivity contribution in [1.29, 1.82) is 0 Å². The van der Waals surface area contributed by atoms with Crippen LogP contribution in [0.4, 0.5) is 13.2 Å². The van der Waals surface area contributed by atoms with Crippen LogP contribution in [-0.4, -0.2) is 12.5 Å². The van der Waals surface area contributed by atoms with Gasteiger partial charge in [0.1, 0.15) is 11.6 Å². The van der Waals surface area contributed by atoms with Crippen molar-refractivity contribution in [3.63, 3.8) is 0 Å². The lowest BCUT2D eigenvalue weighted by Crippen LogP contribution is -2.07. The van der Waals surface area contributed by atoms with E-state index in [9.17, 15) is 18.0 Å². The van der Waals surface area contributed by atoms with E-state index in [0.29, 0.717) is 0 Å². The van der Waals surface area contributed by atoms with E-state index < -0.39 is 24.1 Å². The van der Waals surface area contributed by atoms with Gasteiger partial charge in [-0.05, 0) is 12.1 Å². The standard InChI is InChI=1S/C10H6F3NO2/c11-7-3-1-6(2-4-9(14)15)8(5-7)16-10(12)13/h1,3,5,10H,(H2,14,15). The lowest BCUT2D eigenvalue weighted by Gasteiger charge is -2.06. The SMILES string of the molecule is NC(=O)C#Cc1ccc(F)cc1OC(F)F. The molecule has 0 heterocycles. The fourth-order valence-corrected chi connectivity index (χ4v) is 0.922. The van der Waals surface area contributed by atoms with Crippen molar-refractivity contribution in [1.82, 2.24) is 0 Å². The third-order valence-corrected chi connectivity index (χ3v) is 1.48. The summed E-state index contributed by atoms with van der Waals surface area (Å²) >= 11 is 0. The lowest BCUT2D eigenvalue weighted by atomic mass is 10.2. The van der Waals surface area contributed by atoms with Crippen molar-refractivity contribution in [3.05, 3.63) is 29.6 Å². The highest BCUT2D eigenvalue weighted by atomic mass is 19.3. The summed E-state index contributed by atoms with van der Waals surface area (Å²) in [6.07, 6.45) is 0. The normalized spacial score (nSPS) is 9.50. The summed E-state index contributed by atoms with van der Waals surface area (Å²) in [5, 5.41) is 0. The number of hydrogen-bond acceptors (Lipinski definition) is 2. The molecular formula is C10H6F3NO2. The second-order valence-corrected chi connectivity index (χ2v) is 2.63. The fourth-order valence-electron chi connectivity index (χ4n) is 0.922. The smallest absolute Gasteiger partial charge is 0.387 e. The van der Waals surface area contributed by atoms with E-state index in [1.807, 2.05) is 5.92 Å². The van der Waals surface area contributed by atoms with Gasteiger partial charge < -0.3 is 10.5 Å². The number of primary amides is 1. The number of carbonyl (C=O) groups excluding carboxylic acids is 1. The van der Waals surface area contributed by atoms with Gasteiger partial charge in [-0.1, -0.05) is 5.92 Å². The summed E-state index contributed by atoms with van der Waals surface area (Å²) in [7, 11) is 0. The molecule has 6 heteroatoms. The van der Waals surface area contributed by atoms with E-state index in [2.05, 4.69) is 10.7 Å². The van der Waals surface area contributed by atoms with Gasteiger partial charge in [0.25, 0.3) is 5.91 Å². The van der Waals surface area contributed by atoms with E-state index in [-0.39, 0.29) is 5.56 Å². The average molecular weight is 229 g/mol. The number of halogens is 3. The Morgan fingerprint density at radius 2 is 2.12 bits per heavy atom. The van der Waals surface area contributed by atoms with Crippen LogP contribution >= 0.6 is 0 Å². The average Bonchev–Trinajstić information content (AvgIpc) is 2.15. The molecule has 0 atom stereocenters. The number of ether oxygens (including phenoxy) is 1. The van der Waals surface area contributed by atoms with Crippen molar-refractivity contribution in [3.8, 4) is 17.6 Å². The van der Waals surface area contributed by atoms with Gasteiger partial charge in [0.15, 0.2) is 0 Å². The van der Waals surface area contributed by atoms with E-state index in [4.69, 9.17) is 5.73 Å². The highest BCUT2D eigenvalue weighted by molar-refractivity contribution is 5.92. The number of amides is 1. The highest BCUT2D eigenvalue weighted by Gasteiger charge is 2.09. The third kappa shape index (κ3) is 3.53. The van der Waals surface area contributed by atoms with Gasteiger partial charge in [-0.2, -0.15) is 8.78 Å². The molecule has 0 aliphatic heterocycles. The monoisotopic (exact) mass is 229 g/mol. The van der Waals surface area contributed by atoms with Crippen LogP contribution < -0.4 is 10.5 Å². The second-order valence-electron chi connectivity index (χ2n) is 2.63. The van der Waals surface area contributed by atoms with E-state index in [0.717, 1.165) is 18.2 Å². The highest BCUT2D eigenvalue weighted by Crippen LogP contribution is 2.20. The second kappa shape index (κ2) is 5.07. The van der Waals surface area contributed by atoms with Crippen LogP contribution in [0.3, 0.4) is 0 Å².